The Labute approximate surface area is 129 Å². The summed E-state index contributed by atoms with van der Waals surface area (Å²) in [7, 11) is 0. The van der Waals surface area contributed by atoms with E-state index >= 15 is 0 Å². The molecule has 0 saturated heterocycles. The van der Waals surface area contributed by atoms with Crippen molar-refractivity contribution in [2.75, 3.05) is 11.9 Å². The minimum absolute atomic E-state index is 0.860. The summed E-state index contributed by atoms with van der Waals surface area (Å²) < 4.78 is 0.967. The highest BCUT2D eigenvalue weighted by atomic mass is 79.9. The summed E-state index contributed by atoms with van der Waals surface area (Å²) >= 11 is 3.55. The molecule has 4 heteroatoms. The molecule has 1 N–H and O–H groups in total. The zero-order chi connectivity index (χ0) is 14.4. The molecule has 3 nitrogen and oxygen atoms in total. The van der Waals surface area contributed by atoms with Crippen molar-refractivity contribution in [2.24, 2.45) is 0 Å². The van der Waals surface area contributed by atoms with Crippen molar-refractivity contribution in [2.45, 2.75) is 33.1 Å². The summed E-state index contributed by atoms with van der Waals surface area (Å²) in [5.74, 6) is 1.80. The number of hydrogen-bond donors (Lipinski definition) is 1. The summed E-state index contributed by atoms with van der Waals surface area (Å²) in [6, 6.07) is 10.5. The van der Waals surface area contributed by atoms with Crippen LogP contribution in [0.3, 0.4) is 0 Å². The van der Waals surface area contributed by atoms with Crippen LogP contribution in [0.1, 0.15) is 30.4 Å². The lowest BCUT2D eigenvalue weighted by molar-refractivity contribution is 0.838. The van der Waals surface area contributed by atoms with Crippen LogP contribution in [-0.2, 0) is 12.8 Å². The Morgan fingerprint density at radius 2 is 1.85 bits per heavy atom. The first-order chi connectivity index (χ1) is 9.70. The average molecular weight is 334 g/mol. The molecule has 1 heterocycles. The second-order valence-corrected chi connectivity index (χ2v) is 5.59. The second-order valence-electron chi connectivity index (χ2n) is 4.80. The fourth-order valence-corrected chi connectivity index (χ4v) is 2.31. The number of hydrogen-bond acceptors (Lipinski definition) is 3. The van der Waals surface area contributed by atoms with E-state index in [1.54, 1.807) is 0 Å². The number of benzene rings is 1. The van der Waals surface area contributed by atoms with Gasteiger partial charge in [-0.1, -0.05) is 37.3 Å². The van der Waals surface area contributed by atoms with E-state index in [4.69, 9.17) is 0 Å². The predicted octanol–water partition coefficient (Wildman–Crippen LogP) is 4.15. The monoisotopic (exact) mass is 333 g/mol. The van der Waals surface area contributed by atoms with Crippen LogP contribution in [0.15, 0.2) is 34.8 Å². The molecule has 0 saturated carbocycles. The maximum absolute atomic E-state index is 4.62. The molecule has 0 atom stereocenters. The van der Waals surface area contributed by atoms with Crippen molar-refractivity contribution in [1.29, 1.82) is 0 Å². The molecule has 20 heavy (non-hydrogen) atoms. The van der Waals surface area contributed by atoms with E-state index in [0.717, 1.165) is 47.6 Å². The third-order valence-corrected chi connectivity index (χ3v) is 4.04. The number of anilines is 1. The molecule has 0 spiro atoms. The molecule has 0 unspecified atom stereocenters. The smallest absolute Gasteiger partial charge is 0.144 e. The Hall–Kier alpha value is -1.42. The van der Waals surface area contributed by atoms with Crippen molar-refractivity contribution < 1.29 is 0 Å². The van der Waals surface area contributed by atoms with Crippen LogP contribution in [0.5, 0.6) is 0 Å². The van der Waals surface area contributed by atoms with Crippen LogP contribution in [0.25, 0.3) is 0 Å². The van der Waals surface area contributed by atoms with E-state index in [-0.39, 0.29) is 0 Å². The second kappa shape index (κ2) is 7.39. The number of nitrogens with zero attached hydrogens (tertiary/aromatic N) is 2. The molecule has 106 valence electrons. The van der Waals surface area contributed by atoms with Crippen molar-refractivity contribution in [3.63, 3.8) is 0 Å². The predicted molar refractivity (Wildman–Crippen MR) is 87.1 cm³/mol. The molecule has 0 amide bonds. The standard InChI is InChI=1S/C16H20BrN3/c1-3-11-18-16-15(17)12(2)19-14(20-16)10-9-13-7-5-4-6-8-13/h4-8H,3,9-11H2,1-2H3,(H,18,19,20). The first kappa shape index (κ1) is 15.0. The van der Waals surface area contributed by atoms with E-state index in [0.29, 0.717) is 0 Å². The Balaban J connectivity index is 2.09. The lowest BCUT2D eigenvalue weighted by Crippen LogP contribution is -2.08. The van der Waals surface area contributed by atoms with Gasteiger partial charge >= 0.3 is 0 Å². The van der Waals surface area contributed by atoms with Gasteiger partial charge in [0.05, 0.1) is 10.2 Å². The number of nitrogens with one attached hydrogen (secondary N) is 1. The zero-order valence-electron chi connectivity index (χ0n) is 12.0. The third kappa shape index (κ3) is 4.04. The lowest BCUT2D eigenvalue weighted by Gasteiger charge is -2.10. The normalized spacial score (nSPS) is 10.6. The number of rotatable bonds is 6. The Kier molecular flexibility index (Phi) is 5.53. The van der Waals surface area contributed by atoms with Gasteiger partial charge in [-0.25, -0.2) is 9.97 Å². The van der Waals surface area contributed by atoms with Crippen LogP contribution in [0.2, 0.25) is 0 Å². The molecule has 0 aliphatic carbocycles. The Morgan fingerprint density at radius 1 is 1.10 bits per heavy atom. The summed E-state index contributed by atoms with van der Waals surface area (Å²) in [4.78, 5) is 9.18. The lowest BCUT2D eigenvalue weighted by atomic mass is 10.1. The third-order valence-electron chi connectivity index (χ3n) is 3.09. The van der Waals surface area contributed by atoms with E-state index in [1.165, 1.54) is 5.56 Å². The van der Waals surface area contributed by atoms with E-state index < -0.39 is 0 Å². The summed E-state index contributed by atoms with van der Waals surface area (Å²) in [5, 5.41) is 3.34. The minimum atomic E-state index is 0.860. The highest BCUT2D eigenvalue weighted by Gasteiger charge is 2.09. The van der Waals surface area contributed by atoms with Gasteiger partial charge in [-0.05, 0) is 41.3 Å². The highest BCUT2D eigenvalue weighted by molar-refractivity contribution is 9.10. The number of aryl methyl sites for hydroxylation is 3. The van der Waals surface area contributed by atoms with Crippen molar-refractivity contribution in [1.82, 2.24) is 9.97 Å². The topological polar surface area (TPSA) is 37.8 Å². The van der Waals surface area contributed by atoms with Crippen LogP contribution < -0.4 is 5.32 Å². The van der Waals surface area contributed by atoms with Gasteiger partial charge in [-0.3, -0.25) is 0 Å². The number of aromatic nitrogens is 2. The first-order valence-electron chi connectivity index (χ1n) is 7.01. The van der Waals surface area contributed by atoms with Gasteiger partial charge in [0.1, 0.15) is 11.6 Å². The first-order valence-corrected chi connectivity index (χ1v) is 7.80. The van der Waals surface area contributed by atoms with Crippen LogP contribution in [0, 0.1) is 6.92 Å². The zero-order valence-corrected chi connectivity index (χ0v) is 13.6. The largest absolute Gasteiger partial charge is 0.369 e. The van der Waals surface area contributed by atoms with Crippen LogP contribution in [-0.4, -0.2) is 16.5 Å². The average Bonchev–Trinajstić information content (AvgIpc) is 2.48. The van der Waals surface area contributed by atoms with Gasteiger partial charge in [-0.2, -0.15) is 0 Å². The Bertz CT molecular complexity index is 555. The fourth-order valence-electron chi connectivity index (χ4n) is 1.99. The molecule has 0 bridgehead atoms. The molecule has 1 aromatic carbocycles. The molecule has 2 aromatic rings. The van der Waals surface area contributed by atoms with Crippen LogP contribution >= 0.6 is 15.9 Å². The van der Waals surface area contributed by atoms with Gasteiger partial charge in [-0.15, -0.1) is 0 Å². The van der Waals surface area contributed by atoms with Crippen molar-refractivity contribution in [3.05, 3.63) is 51.9 Å². The molecular formula is C16H20BrN3. The van der Waals surface area contributed by atoms with Gasteiger partial charge in [0.25, 0.3) is 0 Å². The van der Waals surface area contributed by atoms with Gasteiger partial charge < -0.3 is 5.32 Å². The minimum Gasteiger partial charge on any atom is -0.369 e. The summed E-state index contributed by atoms with van der Waals surface area (Å²) in [6.45, 7) is 5.08. The highest BCUT2D eigenvalue weighted by Crippen LogP contribution is 2.23. The number of halogens is 1. The molecule has 0 aliphatic rings. The molecule has 2 rings (SSSR count). The molecule has 0 aliphatic heterocycles. The summed E-state index contributed by atoms with van der Waals surface area (Å²) in [5.41, 5.74) is 2.31. The van der Waals surface area contributed by atoms with Gasteiger partial charge in [0.15, 0.2) is 0 Å². The fraction of sp³-hybridized carbons (Fsp3) is 0.375. The quantitative estimate of drug-likeness (QED) is 0.862. The van der Waals surface area contributed by atoms with E-state index in [1.807, 2.05) is 13.0 Å². The molecule has 0 fully saturated rings. The maximum Gasteiger partial charge on any atom is 0.144 e. The van der Waals surface area contributed by atoms with Gasteiger partial charge in [0.2, 0.25) is 0 Å². The SMILES string of the molecule is CCCNc1nc(CCc2ccccc2)nc(C)c1Br. The van der Waals surface area contributed by atoms with E-state index in [9.17, 15) is 0 Å². The van der Waals surface area contributed by atoms with Crippen molar-refractivity contribution >= 4 is 21.7 Å². The van der Waals surface area contributed by atoms with Crippen LogP contribution in [0.4, 0.5) is 5.82 Å². The van der Waals surface area contributed by atoms with E-state index in [2.05, 4.69) is 62.4 Å². The molecule has 1 aromatic heterocycles. The molecular weight excluding hydrogens is 314 g/mol. The molecule has 0 radical (unpaired) electrons. The Morgan fingerprint density at radius 3 is 2.55 bits per heavy atom. The van der Waals surface area contributed by atoms with Gasteiger partial charge in [0, 0.05) is 13.0 Å². The summed E-state index contributed by atoms with van der Waals surface area (Å²) in [6.07, 6.45) is 2.91. The van der Waals surface area contributed by atoms with Crippen molar-refractivity contribution in [3.8, 4) is 0 Å². The maximum atomic E-state index is 4.62.